The average molecular weight is 260 g/mol. The summed E-state index contributed by atoms with van der Waals surface area (Å²) in [4.78, 5) is 0. The van der Waals surface area contributed by atoms with E-state index in [1.54, 1.807) is 0 Å². The van der Waals surface area contributed by atoms with Gasteiger partial charge in [-0.25, -0.2) is 0 Å². The van der Waals surface area contributed by atoms with Gasteiger partial charge in [-0.2, -0.15) is 5.26 Å². The van der Waals surface area contributed by atoms with Crippen LogP contribution >= 0.6 is 11.6 Å². The zero-order valence-electron chi connectivity index (χ0n) is 10.2. The average Bonchev–Trinajstić information content (AvgIpc) is 2.72. The molecule has 0 spiro atoms. The van der Waals surface area contributed by atoms with Crippen molar-refractivity contribution in [3.8, 4) is 6.07 Å². The maximum atomic E-state index is 8.86. The van der Waals surface area contributed by atoms with Crippen LogP contribution in [0.2, 0.25) is 5.02 Å². The molecule has 3 nitrogen and oxygen atoms in total. The van der Waals surface area contributed by atoms with Gasteiger partial charge in [-0.3, -0.25) is 0 Å². The first-order valence-corrected chi connectivity index (χ1v) is 6.08. The Morgan fingerprint density at radius 3 is 2.78 bits per heavy atom. The molecule has 92 valence electrons. The smallest absolute Gasteiger partial charge is 0.120 e. The van der Waals surface area contributed by atoms with Gasteiger partial charge in [0.15, 0.2) is 0 Å². The molecule has 0 atom stereocenters. The van der Waals surface area contributed by atoms with Gasteiger partial charge in [0.05, 0.1) is 0 Å². The highest BCUT2D eigenvalue weighted by Gasteiger charge is 2.02. The summed E-state index contributed by atoms with van der Waals surface area (Å²) in [6.45, 7) is 1.44. The van der Waals surface area contributed by atoms with E-state index < -0.39 is 0 Å². The van der Waals surface area contributed by atoms with E-state index in [0.717, 1.165) is 29.2 Å². The summed E-state index contributed by atoms with van der Waals surface area (Å²) < 4.78 is 1.83. The number of nitrogens with zero attached hydrogens (tertiary/aromatic N) is 2. The van der Waals surface area contributed by atoms with Crippen molar-refractivity contribution < 1.29 is 0 Å². The highest BCUT2D eigenvalue weighted by molar-refractivity contribution is 6.31. The number of hydrogen-bond acceptors (Lipinski definition) is 2. The van der Waals surface area contributed by atoms with Crippen molar-refractivity contribution in [1.29, 1.82) is 5.26 Å². The van der Waals surface area contributed by atoms with Gasteiger partial charge >= 0.3 is 0 Å². The molecule has 18 heavy (non-hydrogen) atoms. The van der Waals surface area contributed by atoms with E-state index in [-0.39, 0.29) is 0 Å². The van der Waals surface area contributed by atoms with Gasteiger partial charge < -0.3 is 9.88 Å². The number of halogens is 1. The fourth-order valence-corrected chi connectivity index (χ4v) is 2.03. The molecule has 1 heterocycles. The van der Waals surface area contributed by atoms with Crippen molar-refractivity contribution in [3.63, 3.8) is 0 Å². The molecule has 0 bridgehead atoms. The van der Waals surface area contributed by atoms with Crippen molar-refractivity contribution in [3.05, 3.63) is 58.4 Å². The molecule has 1 N–H and O–H groups in total. The molecule has 0 fully saturated rings. The van der Waals surface area contributed by atoms with Crippen LogP contribution in [0.5, 0.6) is 0 Å². The molecule has 0 radical (unpaired) electrons. The van der Waals surface area contributed by atoms with Gasteiger partial charge in [-0.1, -0.05) is 29.8 Å². The summed E-state index contributed by atoms with van der Waals surface area (Å²) >= 11 is 6.07. The Morgan fingerprint density at radius 2 is 2.11 bits per heavy atom. The minimum absolute atomic E-state index is 0.671. The Balaban J connectivity index is 1.93. The summed E-state index contributed by atoms with van der Waals surface area (Å²) in [5.74, 6) is 0. The Labute approximate surface area is 112 Å². The van der Waals surface area contributed by atoms with Crippen LogP contribution in [-0.2, 0) is 20.1 Å². The van der Waals surface area contributed by atoms with Crippen molar-refractivity contribution in [2.45, 2.75) is 13.1 Å². The topological polar surface area (TPSA) is 40.8 Å². The fourth-order valence-electron chi connectivity index (χ4n) is 1.82. The number of nitrogens with one attached hydrogen (secondary N) is 1. The molecular formula is C14H14ClN3. The second kappa shape index (κ2) is 5.72. The molecule has 2 aromatic rings. The van der Waals surface area contributed by atoms with Gasteiger partial charge in [-0.05, 0) is 23.3 Å². The molecule has 4 heteroatoms. The van der Waals surface area contributed by atoms with Crippen LogP contribution < -0.4 is 5.32 Å². The highest BCUT2D eigenvalue weighted by atomic mass is 35.5. The molecule has 0 aliphatic heterocycles. The highest BCUT2D eigenvalue weighted by Crippen LogP contribution is 2.14. The molecule has 0 saturated carbocycles. The van der Waals surface area contributed by atoms with Crippen LogP contribution in [0.4, 0.5) is 0 Å². The van der Waals surface area contributed by atoms with Crippen LogP contribution in [0, 0.1) is 11.3 Å². The monoisotopic (exact) mass is 259 g/mol. The third-order valence-corrected chi connectivity index (χ3v) is 3.15. The van der Waals surface area contributed by atoms with Gasteiger partial charge in [0.25, 0.3) is 0 Å². The maximum absolute atomic E-state index is 8.86. The van der Waals surface area contributed by atoms with E-state index in [0.29, 0.717) is 5.69 Å². The first-order chi connectivity index (χ1) is 8.70. The number of hydrogen-bond donors (Lipinski definition) is 1. The SMILES string of the molecule is Cn1cc(CNCc2ccccc2Cl)cc1C#N. The predicted octanol–water partition coefficient (Wildman–Crippen LogP) is 2.84. The number of aromatic nitrogens is 1. The van der Waals surface area contributed by atoms with Crippen LogP contribution in [-0.4, -0.2) is 4.57 Å². The van der Waals surface area contributed by atoms with Gasteiger partial charge in [-0.15, -0.1) is 0 Å². The lowest BCUT2D eigenvalue weighted by molar-refractivity contribution is 0.692. The number of nitriles is 1. The number of rotatable bonds is 4. The lowest BCUT2D eigenvalue weighted by Crippen LogP contribution is -2.12. The van der Waals surface area contributed by atoms with E-state index in [1.165, 1.54) is 0 Å². The molecule has 0 unspecified atom stereocenters. The zero-order chi connectivity index (χ0) is 13.0. The molecular weight excluding hydrogens is 246 g/mol. The third kappa shape index (κ3) is 2.92. The summed E-state index contributed by atoms with van der Waals surface area (Å²) in [5, 5.41) is 13.0. The maximum Gasteiger partial charge on any atom is 0.120 e. The second-order valence-corrected chi connectivity index (χ2v) is 4.56. The third-order valence-electron chi connectivity index (χ3n) is 2.78. The van der Waals surface area contributed by atoms with Crippen molar-refractivity contribution in [2.24, 2.45) is 7.05 Å². The summed E-state index contributed by atoms with van der Waals surface area (Å²) in [7, 11) is 1.87. The molecule has 0 amide bonds. The van der Waals surface area contributed by atoms with E-state index in [2.05, 4.69) is 11.4 Å². The minimum Gasteiger partial charge on any atom is -0.342 e. The van der Waals surface area contributed by atoms with E-state index in [1.807, 2.05) is 48.1 Å². The van der Waals surface area contributed by atoms with Crippen molar-refractivity contribution in [2.75, 3.05) is 0 Å². The van der Waals surface area contributed by atoms with Crippen LogP contribution in [0.1, 0.15) is 16.8 Å². The summed E-state index contributed by atoms with van der Waals surface area (Å²) in [6.07, 6.45) is 1.96. The van der Waals surface area contributed by atoms with Crippen molar-refractivity contribution in [1.82, 2.24) is 9.88 Å². The quantitative estimate of drug-likeness (QED) is 0.917. The molecule has 2 rings (SSSR count). The van der Waals surface area contributed by atoms with Crippen LogP contribution in [0.3, 0.4) is 0 Å². The summed E-state index contributed by atoms with van der Waals surface area (Å²) in [5.41, 5.74) is 2.85. The largest absolute Gasteiger partial charge is 0.342 e. The fraction of sp³-hybridized carbons (Fsp3) is 0.214. The normalized spacial score (nSPS) is 10.3. The van der Waals surface area contributed by atoms with Gasteiger partial charge in [0.2, 0.25) is 0 Å². The van der Waals surface area contributed by atoms with Gasteiger partial charge in [0.1, 0.15) is 11.8 Å². The molecule has 0 aliphatic carbocycles. The molecule has 0 aliphatic rings. The number of benzene rings is 1. The Kier molecular flexibility index (Phi) is 4.03. The number of aryl methyl sites for hydroxylation is 1. The van der Waals surface area contributed by atoms with Gasteiger partial charge in [0, 0.05) is 31.4 Å². The van der Waals surface area contributed by atoms with E-state index >= 15 is 0 Å². The first-order valence-electron chi connectivity index (χ1n) is 5.70. The first kappa shape index (κ1) is 12.7. The minimum atomic E-state index is 0.671. The van der Waals surface area contributed by atoms with Crippen LogP contribution in [0.25, 0.3) is 0 Å². The molecule has 1 aromatic heterocycles. The summed E-state index contributed by atoms with van der Waals surface area (Å²) in [6, 6.07) is 11.8. The standard InChI is InChI=1S/C14H14ClN3/c1-18-10-11(6-13(18)7-16)8-17-9-12-4-2-3-5-14(12)15/h2-6,10,17H,8-9H2,1H3. The predicted molar refractivity (Wildman–Crippen MR) is 72.1 cm³/mol. The lowest BCUT2D eigenvalue weighted by Gasteiger charge is -2.05. The molecule has 1 aromatic carbocycles. The van der Waals surface area contributed by atoms with Crippen molar-refractivity contribution >= 4 is 11.6 Å². The van der Waals surface area contributed by atoms with E-state index in [9.17, 15) is 0 Å². The van der Waals surface area contributed by atoms with Crippen LogP contribution in [0.15, 0.2) is 36.5 Å². The lowest BCUT2D eigenvalue weighted by atomic mass is 10.2. The molecule has 0 saturated heterocycles. The van der Waals surface area contributed by atoms with E-state index in [4.69, 9.17) is 16.9 Å². The Bertz CT molecular complexity index is 581. The zero-order valence-corrected chi connectivity index (χ0v) is 10.9. The Morgan fingerprint density at radius 1 is 1.33 bits per heavy atom. The second-order valence-electron chi connectivity index (χ2n) is 4.15. The Hall–Kier alpha value is -1.76.